The first kappa shape index (κ1) is 56.7. The van der Waals surface area contributed by atoms with E-state index >= 15 is 4.39 Å². The molecule has 4 fully saturated rings. The Morgan fingerprint density at radius 3 is 2.03 bits per heavy atom. The first-order valence-corrected chi connectivity index (χ1v) is 22.0. The average molecular weight is 979 g/mol. The van der Waals surface area contributed by atoms with Gasteiger partial charge in [-0.3, -0.25) is 14.4 Å². The number of unbranched alkanes of at least 4 members (excludes halogenated alkanes) is 5. The molecule has 2 amide bonds. The molecule has 388 valence electrons. The highest BCUT2D eigenvalue weighted by Gasteiger charge is 2.61. The second-order valence-electron chi connectivity index (χ2n) is 16.9. The minimum Gasteiger partial charge on any atom is -0.477 e. The molecule has 0 aliphatic carbocycles. The molecule has 4 rings (SSSR count). The summed E-state index contributed by atoms with van der Waals surface area (Å²) in [5.74, 6) is -6.27. The number of carbonyl (C=O) groups excluding carboxylic acids is 3. The molecule has 4 aliphatic rings. The zero-order chi connectivity index (χ0) is 49.7. The van der Waals surface area contributed by atoms with Crippen LogP contribution in [0.3, 0.4) is 0 Å². The van der Waals surface area contributed by atoms with E-state index in [4.69, 9.17) is 37.9 Å². The Morgan fingerprint density at radius 1 is 0.806 bits per heavy atom. The van der Waals surface area contributed by atoms with Gasteiger partial charge in [0, 0.05) is 26.4 Å². The third kappa shape index (κ3) is 14.1. The molecule has 4 heterocycles. The van der Waals surface area contributed by atoms with Gasteiger partial charge in [-0.1, -0.05) is 25.7 Å². The molecule has 0 saturated carbocycles. The van der Waals surface area contributed by atoms with Gasteiger partial charge >= 0.3 is 11.9 Å². The molecule has 27 heteroatoms. The predicted molar refractivity (Wildman–Crippen MR) is 215 cm³/mol. The van der Waals surface area contributed by atoms with Crippen LogP contribution in [0.5, 0.6) is 0 Å². The van der Waals surface area contributed by atoms with Gasteiger partial charge in [0.05, 0.1) is 45.2 Å². The largest absolute Gasteiger partial charge is 0.477 e. The number of alkyl halides is 1. The van der Waals surface area contributed by atoms with Crippen molar-refractivity contribution in [2.24, 2.45) is 0 Å². The van der Waals surface area contributed by atoms with E-state index in [1.165, 1.54) is 14.0 Å². The SMILES string of the molecule is COC(=O)CCCCCCCCO[C@@H]1OC(CO)[C@H](OC2OC(C)[C@@H](O)C(O)C2F)C(OC2OC(CO)[C@@H](O)C(O[C@]3(C(=O)O)CC(O)[C@@H](NC(C)=O)C(C(O)C(O)CO)O3)C2O)C1NC=O. The number of aliphatic carboxylic acids is 1. The molecule has 0 spiro atoms. The third-order valence-electron chi connectivity index (χ3n) is 12.1. The second kappa shape index (κ2) is 26.3. The Kier molecular flexibility index (Phi) is 22.3. The standard InChI is InChI=1S/C40H67FN2O24/c1-17-27(52)30(55)24(41)36(61-17)64-32-22(15-46)63-37(60-11-9-7-5-4-6-8-10-23(51)59-3)26(42-16-47)34(32)65-38-31(56)35(29(54)21(14-45)62-38)67-40(39(57)58)12-19(49)25(43-18(2)48)33(66-40)28(53)20(50)13-44/h16-17,19-22,24-38,44-46,49-50,52-56H,4-15H2,1-3H3,(H,42,47)(H,43,48)(H,57,58)/t17?,19?,20?,21?,22?,24?,25-,26?,27-,28?,29-,30?,31?,32+,33?,34?,35?,36?,37-,38?,40+/m1/s1. The molecule has 67 heavy (non-hydrogen) atoms. The van der Waals surface area contributed by atoms with E-state index < -0.39 is 166 Å². The van der Waals surface area contributed by atoms with Gasteiger partial charge in [-0.25, -0.2) is 9.18 Å². The smallest absolute Gasteiger partial charge is 0.364 e. The molecule has 4 aliphatic heterocycles. The van der Waals surface area contributed by atoms with Gasteiger partial charge in [0.1, 0.15) is 79.3 Å². The van der Waals surface area contributed by atoms with Gasteiger partial charge < -0.3 is 109 Å². The summed E-state index contributed by atoms with van der Waals surface area (Å²) in [6.45, 7) is -0.758. The molecule has 15 unspecified atom stereocenters. The van der Waals surface area contributed by atoms with Crippen molar-refractivity contribution >= 4 is 24.3 Å². The van der Waals surface area contributed by atoms with Crippen LogP contribution in [0.2, 0.25) is 0 Å². The minimum atomic E-state index is -3.14. The van der Waals surface area contributed by atoms with Gasteiger partial charge in [0.15, 0.2) is 25.0 Å². The van der Waals surface area contributed by atoms with Crippen molar-refractivity contribution in [3.63, 3.8) is 0 Å². The Morgan fingerprint density at radius 2 is 1.43 bits per heavy atom. The van der Waals surface area contributed by atoms with Crippen molar-refractivity contribution in [3.8, 4) is 0 Å². The summed E-state index contributed by atoms with van der Waals surface area (Å²) >= 11 is 0. The zero-order valence-corrected chi connectivity index (χ0v) is 37.2. The molecule has 0 aromatic carbocycles. The second-order valence-corrected chi connectivity index (χ2v) is 16.9. The molecule has 26 nitrogen and oxygen atoms in total. The summed E-state index contributed by atoms with van der Waals surface area (Å²) in [5.41, 5.74) is 0. The molecular weight excluding hydrogens is 911 g/mol. The number of halogens is 1. The zero-order valence-electron chi connectivity index (χ0n) is 37.2. The van der Waals surface area contributed by atoms with Crippen LogP contribution in [0.25, 0.3) is 0 Å². The van der Waals surface area contributed by atoms with Crippen molar-refractivity contribution in [2.75, 3.05) is 33.5 Å². The number of esters is 1. The number of aliphatic hydroxyl groups excluding tert-OH is 10. The van der Waals surface area contributed by atoms with Crippen LogP contribution in [0, 0.1) is 0 Å². The first-order valence-electron chi connectivity index (χ1n) is 22.0. The molecule has 13 N–H and O–H groups in total. The number of aliphatic hydroxyl groups is 10. The summed E-state index contributed by atoms with van der Waals surface area (Å²) in [6, 6.07) is -3.13. The van der Waals surface area contributed by atoms with E-state index in [0.29, 0.717) is 19.3 Å². The topological polar surface area (TPSA) is 398 Å². The van der Waals surface area contributed by atoms with E-state index in [1.54, 1.807) is 0 Å². The van der Waals surface area contributed by atoms with Gasteiger partial charge in [0.25, 0.3) is 5.79 Å². The Balaban J connectivity index is 1.66. The van der Waals surface area contributed by atoms with Gasteiger partial charge in [-0.05, 0) is 19.8 Å². The lowest BCUT2D eigenvalue weighted by molar-refractivity contribution is -0.389. The molecule has 0 bridgehead atoms. The van der Waals surface area contributed by atoms with Crippen LogP contribution in [0.4, 0.5) is 4.39 Å². The third-order valence-corrected chi connectivity index (χ3v) is 12.1. The highest BCUT2D eigenvalue weighted by molar-refractivity contribution is 5.76. The van der Waals surface area contributed by atoms with Crippen LogP contribution in [-0.4, -0.2) is 242 Å². The van der Waals surface area contributed by atoms with Gasteiger partial charge in [0.2, 0.25) is 12.3 Å². The quantitative estimate of drug-likeness (QED) is 0.0230. The van der Waals surface area contributed by atoms with Crippen molar-refractivity contribution in [1.82, 2.24) is 10.6 Å². The minimum absolute atomic E-state index is 0.00563. The lowest BCUT2D eigenvalue weighted by Crippen LogP contribution is -2.71. The highest BCUT2D eigenvalue weighted by atomic mass is 19.1. The molecule has 0 aromatic rings. The fourth-order valence-electron chi connectivity index (χ4n) is 8.34. The number of carbonyl (C=O) groups is 4. The summed E-state index contributed by atoms with van der Waals surface area (Å²) in [7, 11) is 1.31. The van der Waals surface area contributed by atoms with Gasteiger partial charge in [-0.2, -0.15) is 0 Å². The molecule has 4 saturated heterocycles. The van der Waals surface area contributed by atoms with Crippen LogP contribution in [0.1, 0.15) is 65.2 Å². The Hall–Kier alpha value is -2.91. The van der Waals surface area contributed by atoms with Crippen LogP contribution < -0.4 is 10.6 Å². The van der Waals surface area contributed by atoms with Crippen LogP contribution in [0.15, 0.2) is 0 Å². The van der Waals surface area contributed by atoms with E-state index in [1.807, 2.05) is 0 Å². The normalized spacial score (nSPS) is 40.0. The molecule has 0 radical (unpaired) electrons. The lowest BCUT2D eigenvalue weighted by atomic mass is 9.88. The Bertz CT molecular complexity index is 1560. The van der Waals surface area contributed by atoms with Gasteiger partial charge in [-0.15, -0.1) is 0 Å². The number of nitrogens with one attached hydrogen (secondary N) is 2. The van der Waals surface area contributed by atoms with Crippen molar-refractivity contribution in [2.45, 2.75) is 194 Å². The highest BCUT2D eigenvalue weighted by Crippen LogP contribution is 2.39. The summed E-state index contributed by atoms with van der Waals surface area (Å²) in [6.07, 6.45) is -31.3. The fourth-order valence-corrected chi connectivity index (χ4v) is 8.34. The number of carboxylic acids is 1. The van der Waals surface area contributed by atoms with E-state index in [0.717, 1.165) is 26.2 Å². The lowest BCUT2D eigenvalue weighted by Gasteiger charge is -2.51. The summed E-state index contributed by atoms with van der Waals surface area (Å²) in [4.78, 5) is 48.7. The number of ether oxygens (including phenoxy) is 9. The summed E-state index contributed by atoms with van der Waals surface area (Å²) in [5, 5.41) is 122. The number of hydrogen-bond donors (Lipinski definition) is 13. The van der Waals surface area contributed by atoms with Crippen molar-refractivity contribution < 1.29 is 122 Å². The maximum absolute atomic E-state index is 15.6. The maximum Gasteiger partial charge on any atom is 0.364 e. The van der Waals surface area contributed by atoms with Crippen LogP contribution >= 0.6 is 0 Å². The van der Waals surface area contributed by atoms with Crippen molar-refractivity contribution in [1.29, 1.82) is 0 Å². The molecular formula is C40H67FN2O24. The van der Waals surface area contributed by atoms with E-state index in [9.17, 15) is 75.3 Å². The van der Waals surface area contributed by atoms with E-state index in [-0.39, 0.29) is 25.4 Å². The first-order chi connectivity index (χ1) is 31.8. The fraction of sp³-hybridized carbons (Fsp3) is 0.900. The summed E-state index contributed by atoms with van der Waals surface area (Å²) < 4.78 is 67.0. The van der Waals surface area contributed by atoms with E-state index in [2.05, 4.69) is 15.4 Å². The number of amides is 2. The Labute approximate surface area is 384 Å². The van der Waals surface area contributed by atoms with Crippen LogP contribution in [-0.2, 0) is 61.8 Å². The maximum atomic E-state index is 15.6. The monoisotopic (exact) mass is 978 g/mol. The molecule has 0 aromatic heterocycles. The number of hydrogen-bond acceptors (Lipinski definition) is 23. The van der Waals surface area contributed by atoms with Crippen molar-refractivity contribution in [3.05, 3.63) is 0 Å². The predicted octanol–water partition coefficient (Wildman–Crippen LogP) is -5.71. The average Bonchev–Trinajstić information content (AvgIpc) is 3.30. The number of methoxy groups -OCH3 is 1. The molecule has 21 atom stereocenters. The number of carboxylic acid groups (broad SMARTS) is 1. The number of rotatable bonds is 25.